The number of piperazine rings is 1. The average molecular weight is 497 g/mol. The number of imide groups is 1. The third kappa shape index (κ3) is 4.62. The molecule has 0 unspecified atom stereocenters. The van der Waals surface area contributed by atoms with Crippen molar-refractivity contribution in [3.8, 4) is 11.1 Å². The second-order valence-corrected chi connectivity index (χ2v) is 11.1. The van der Waals surface area contributed by atoms with Gasteiger partial charge >= 0.3 is 0 Å². The molecule has 2 aliphatic heterocycles. The number of pyridine rings is 1. The van der Waals surface area contributed by atoms with Gasteiger partial charge in [0.25, 0.3) is 0 Å². The van der Waals surface area contributed by atoms with E-state index in [9.17, 15) is 9.59 Å². The van der Waals surface area contributed by atoms with Crippen LogP contribution in [-0.4, -0.2) is 51.8 Å². The van der Waals surface area contributed by atoms with Gasteiger partial charge in [-0.3, -0.25) is 24.4 Å². The minimum atomic E-state index is -0.0946. The summed E-state index contributed by atoms with van der Waals surface area (Å²) < 4.78 is 1.06. The summed E-state index contributed by atoms with van der Waals surface area (Å²) in [4.78, 5) is 33.7. The van der Waals surface area contributed by atoms with E-state index in [0.29, 0.717) is 36.5 Å². The SMILES string of the molecule is Cc1cc(Cl)cc(-c2ccnc3cc(CN4C(=O)CCC4=O)sc23)c1CN1C[C@H](C)N[C@@H](C)C1. The van der Waals surface area contributed by atoms with Gasteiger partial charge in [0.15, 0.2) is 0 Å². The first-order valence-corrected chi connectivity index (χ1v) is 13.0. The molecular weight excluding hydrogens is 468 g/mol. The molecule has 2 saturated heterocycles. The molecule has 2 aliphatic rings. The topological polar surface area (TPSA) is 65.5 Å². The Balaban J connectivity index is 1.53. The molecule has 0 saturated carbocycles. The van der Waals surface area contributed by atoms with E-state index >= 15 is 0 Å². The molecule has 4 heterocycles. The molecule has 3 aromatic rings. The fourth-order valence-corrected chi connectivity index (χ4v) is 6.65. The minimum absolute atomic E-state index is 0.0946. The Labute approximate surface area is 208 Å². The van der Waals surface area contributed by atoms with Crippen molar-refractivity contribution in [2.75, 3.05) is 13.1 Å². The molecule has 5 rings (SSSR count). The number of hydrogen-bond acceptors (Lipinski definition) is 6. The maximum atomic E-state index is 12.1. The van der Waals surface area contributed by atoms with Gasteiger partial charge in [0.2, 0.25) is 11.8 Å². The van der Waals surface area contributed by atoms with E-state index in [4.69, 9.17) is 11.6 Å². The molecule has 0 spiro atoms. The number of rotatable bonds is 5. The fourth-order valence-electron chi connectivity index (χ4n) is 5.25. The van der Waals surface area contributed by atoms with Gasteiger partial charge < -0.3 is 5.32 Å². The van der Waals surface area contributed by atoms with Crippen LogP contribution in [0.2, 0.25) is 5.02 Å². The third-order valence-corrected chi connectivity index (χ3v) is 8.04. The van der Waals surface area contributed by atoms with Crippen LogP contribution in [0.25, 0.3) is 21.3 Å². The Hall–Kier alpha value is -2.32. The number of fused-ring (bicyclic) bond motifs is 1. The summed E-state index contributed by atoms with van der Waals surface area (Å²) in [6, 6.07) is 9.04. The first-order chi connectivity index (χ1) is 16.3. The Kier molecular flexibility index (Phi) is 6.46. The predicted molar refractivity (Wildman–Crippen MR) is 137 cm³/mol. The highest BCUT2D eigenvalue weighted by Gasteiger charge is 2.29. The largest absolute Gasteiger partial charge is 0.309 e. The van der Waals surface area contributed by atoms with Crippen molar-refractivity contribution < 1.29 is 9.59 Å². The first kappa shape index (κ1) is 23.4. The van der Waals surface area contributed by atoms with Gasteiger partial charge in [0.05, 0.1) is 16.8 Å². The number of aryl methyl sites for hydroxylation is 1. The zero-order valence-electron chi connectivity index (χ0n) is 19.7. The Bertz CT molecular complexity index is 1250. The normalized spacial score (nSPS) is 21.7. The summed E-state index contributed by atoms with van der Waals surface area (Å²) in [5, 5.41) is 4.32. The molecule has 0 bridgehead atoms. The molecule has 8 heteroatoms. The highest BCUT2D eigenvalue weighted by molar-refractivity contribution is 7.19. The highest BCUT2D eigenvalue weighted by Crippen LogP contribution is 2.39. The van der Waals surface area contributed by atoms with Crippen molar-refractivity contribution in [1.29, 1.82) is 0 Å². The summed E-state index contributed by atoms with van der Waals surface area (Å²) >= 11 is 8.15. The molecule has 1 aromatic carbocycles. The quantitative estimate of drug-likeness (QED) is 0.516. The molecule has 1 N–H and O–H groups in total. The lowest BCUT2D eigenvalue weighted by atomic mass is 9.95. The zero-order chi connectivity index (χ0) is 24.0. The van der Waals surface area contributed by atoms with Crippen molar-refractivity contribution in [2.24, 2.45) is 0 Å². The molecule has 34 heavy (non-hydrogen) atoms. The van der Waals surface area contributed by atoms with E-state index < -0.39 is 0 Å². The number of amides is 2. The first-order valence-electron chi connectivity index (χ1n) is 11.8. The van der Waals surface area contributed by atoms with Crippen LogP contribution in [0.1, 0.15) is 42.7 Å². The van der Waals surface area contributed by atoms with E-state index in [1.165, 1.54) is 16.0 Å². The third-order valence-electron chi connectivity index (χ3n) is 6.67. The average Bonchev–Trinajstić information content (AvgIpc) is 3.32. The van der Waals surface area contributed by atoms with Crippen molar-refractivity contribution in [3.05, 3.63) is 51.5 Å². The van der Waals surface area contributed by atoms with Crippen LogP contribution >= 0.6 is 22.9 Å². The molecule has 2 fully saturated rings. The monoisotopic (exact) mass is 496 g/mol. The number of halogens is 1. The molecule has 0 radical (unpaired) electrons. The van der Waals surface area contributed by atoms with Crippen LogP contribution in [0, 0.1) is 6.92 Å². The Morgan fingerprint density at radius 1 is 1.06 bits per heavy atom. The molecule has 0 aliphatic carbocycles. The number of carbonyl (C=O) groups is 2. The summed E-state index contributed by atoms with van der Waals surface area (Å²) in [5.74, 6) is -0.189. The van der Waals surface area contributed by atoms with Crippen LogP contribution in [0.3, 0.4) is 0 Å². The van der Waals surface area contributed by atoms with Crippen LogP contribution in [-0.2, 0) is 22.7 Å². The predicted octanol–water partition coefficient (Wildman–Crippen LogP) is 4.76. The number of aromatic nitrogens is 1. The van der Waals surface area contributed by atoms with Gasteiger partial charge in [-0.15, -0.1) is 11.3 Å². The molecule has 178 valence electrons. The van der Waals surface area contributed by atoms with Gasteiger partial charge in [-0.05, 0) is 61.7 Å². The molecule has 2 amide bonds. The number of benzene rings is 1. The van der Waals surface area contributed by atoms with Gasteiger partial charge in [-0.1, -0.05) is 11.6 Å². The number of hydrogen-bond donors (Lipinski definition) is 1. The van der Waals surface area contributed by atoms with Crippen molar-refractivity contribution in [1.82, 2.24) is 20.1 Å². The number of nitrogens with zero attached hydrogens (tertiary/aromatic N) is 3. The fraction of sp³-hybridized carbons (Fsp3) is 0.423. The zero-order valence-corrected chi connectivity index (χ0v) is 21.3. The van der Waals surface area contributed by atoms with Gasteiger partial charge in [-0.2, -0.15) is 0 Å². The standard InChI is InChI=1S/C26H29ClN4O2S/c1-15-8-18(27)9-21(22(15)14-30-11-16(2)29-17(3)12-30)20-6-7-28-23-10-19(34-26(20)23)13-31-24(32)4-5-25(31)33/h6-10,16-17,29H,4-5,11-14H2,1-3H3/t16-,17-/m0/s1. The molecule has 2 aromatic heterocycles. The summed E-state index contributed by atoms with van der Waals surface area (Å²) in [6.07, 6.45) is 2.44. The van der Waals surface area contributed by atoms with E-state index in [1.807, 2.05) is 24.4 Å². The van der Waals surface area contributed by atoms with Crippen molar-refractivity contribution in [2.45, 2.75) is 58.8 Å². The summed E-state index contributed by atoms with van der Waals surface area (Å²) in [7, 11) is 0. The summed E-state index contributed by atoms with van der Waals surface area (Å²) in [6.45, 7) is 9.75. The lowest BCUT2D eigenvalue weighted by molar-refractivity contribution is -0.138. The number of carbonyl (C=O) groups excluding carboxylic acids is 2. The smallest absolute Gasteiger partial charge is 0.230 e. The number of likely N-dealkylation sites (tertiary alicyclic amines) is 1. The molecular formula is C26H29ClN4O2S. The second-order valence-electron chi connectivity index (χ2n) is 9.57. The van der Waals surface area contributed by atoms with Crippen LogP contribution in [0.5, 0.6) is 0 Å². The van der Waals surface area contributed by atoms with Crippen LogP contribution in [0.4, 0.5) is 0 Å². The van der Waals surface area contributed by atoms with Crippen LogP contribution < -0.4 is 5.32 Å². The molecule has 6 nitrogen and oxygen atoms in total. The lowest BCUT2D eigenvalue weighted by Crippen LogP contribution is -2.53. The van der Waals surface area contributed by atoms with E-state index in [0.717, 1.165) is 45.9 Å². The maximum absolute atomic E-state index is 12.1. The Morgan fingerprint density at radius 3 is 2.47 bits per heavy atom. The van der Waals surface area contributed by atoms with Gasteiger partial charge in [0, 0.05) is 66.2 Å². The van der Waals surface area contributed by atoms with Crippen molar-refractivity contribution >= 4 is 45.0 Å². The van der Waals surface area contributed by atoms with Crippen molar-refractivity contribution in [3.63, 3.8) is 0 Å². The molecule has 2 atom stereocenters. The lowest BCUT2D eigenvalue weighted by Gasteiger charge is -2.36. The van der Waals surface area contributed by atoms with E-state index in [1.54, 1.807) is 11.3 Å². The number of thiophene rings is 1. The Morgan fingerprint density at radius 2 is 1.76 bits per heavy atom. The summed E-state index contributed by atoms with van der Waals surface area (Å²) in [5.41, 5.74) is 5.55. The van der Waals surface area contributed by atoms with E-state index in [2.05, 4.69) is 42.0 Å². The van der Waals surface area contributed by atoms with Gasteiger partial charge in [-0.25, -0.2) is 0 Å². The second kappa shape index (κ2) is 9.38. The van der Waals surface area contributed by atoms with Gasteiger partial charge in [0.1, 0.15) is 0 Å². The minimum Gasteiger partial charge on any atom is -0.309 e. The van der Waals surface area contributed by atoms with Crippen LogP contribution in [0.15, 0.2) is 30.5 Å². The maximum Gasteiger partial charge on any atom is 0.230 e. The highest BCUT2D eigenvalue weighted by atomic mass is 35.5. The van der Waals surface area contributed by atoms with E-state index in [-0.39, 0.29) is 11.8 Å². The number of nitrogens with one attached hydrogen (secondary N) is 1.